The van der Waals surface area contributed by atoms with Gasteiger partial charge in [-0.1, -0.05) is 56.3 Å². The SMILES string of the molecule is CC(C)c1ccc(CNc2cc(N3CCN(C=O)C(c4ccccc4F)C3)ccc2[N+](=O)[O-])cc1. The van der Waals surface area contributed by atoms with Crippen LogP contribution in [0.15, 0.2) is 66.7 Å². The minimum atomic E-state index is -0.450. The van der Waals surface area contributed by atoms with Crippen molar-refractivity contribution < 1.29 is 14.1 Å². The molecule has 0 aromatic heterocycles. The smallest absolute Gasteiger partial charge is 0.292 e. The minimum absolute atomic E-state index is 0.00951. The Morgan fingerprint density at radius 2 is 1.86 bits per heavy atom. The second kappa shape index (κ2) is 10.5. The van der Waals surface area contributed by atoms with Crippen molar-refractivity contribution in [3.05, 3.63) is 99.4 Å². The van der Waals surface area contributed by atoms with E-state index >= 15 is 0 Å². The average molecular weight is 477 g/mol. The molecule has 7 nitrogen and oxygen atoms in total. The third-order valence-electron chi connectivity index (χ3n) is 6.49. The van der Waals surface area contributed by atoms with Crippen LogP contribution < -0.4 is 10.2 Å². The van der Waals surface area contributed by atoms with E-state index in [1.807, 2.05) is 17.0 Å². The Balaban J connectivity index is 1.57. The van der Waals surface area contributed by atoms with Crippen LogP contribution in [0.1, 0.15) is 42.5 Å². The quantitative estimate of drug-likeness (QED) is 0.264. The fraction of sp³-hybridized carbons (Fsp3) is 0.296. The second-order valence-corrected chi connectivity index (χ2v) is 9.03. The van der Waals surface area contributed by atoms with Crippen molar-refractivity contribution in [2.45, 2.75) is 32.4 Å². The van der Waals surface area contributed by atoms with Crippen molar-refractivity contribution in [2.24, 2.45) is 0 Å². The first kappa shape index (κ1) is 24.2. The Hall–Kier alpha value is -3.94. The van der Waals surface area contributed by atoms with Gasteiger partial charge in [0.25, 0.3) is 5.69 Å². The molecule has 0 spiro atoms. The molecule has 4 rings (SSSR count). The molecule has 1 aliphatic rings. The Morgan fingerprint density at radius 3 is 2.51 bits per heavy atom. The standard InChI is InChI=1S/C27H29FN4O3/c1-19(2)21-9-7-20(8-10-21)16-29-25-15-22(11-12-26(25)32(34)35)30-13-14-31(18-33)27(17-30)23-5-3-4-6-24(23)28/h3-12,15,18-19,27,29H,13-14,16-17H2,1-2H3. The summed E-state index contributed by atoms with van der Waals surface area (Å²) >= 11 is 0. The fourth-order valence-corrected chi connectivity index (χ4v) is 4.42. The van der Waals surface area contributed by atoms with Gasteiger partial charge in [0.05, 0.1) is 11.0 Å². The lowest BCUT2D eigenvalue weighted by atomic mass is 10.0. The average Bonchev–Trinajstić information content (AvgIpc) is 2.87. The van der Waals surface area contributed by atoms with Gasteiger partial charge in [-0.3, -0.25) is 14.9 Å². The van der Waals surface area contributed by atoms with Crippen LogP contribution in [0.25, 0.3) is 0 Å². The van der Waals surface area contributed by atoms with Crippen molar-refractivity contribution >= 4 is 23.5 Å². The van der Waals surface area contributed by atoms with Crippen molar-refractivity contribution in [3.63, 3.8) is 0 Å². The van der Waals surface area contributed by atoms with Crippen molar-refractivity contribution in [1.29, 1.82) is 0 Å². The monoisotopic (exact) mass is 476 g/mol. The number of hydrogen-bond donors (Lipinski definition) is 1. The molecule has 1 aliphatic heterocycles. The van der Waals surface area contributed by atoms with Crippen LogP contribution in [0.5, 0.6) is 0 Å². The van der Waals surface area contributed by atoms with Crippen LogP contribution >= 0.6 is 0 Å². The minimum Gasteiger partial charge on any atom is -0.375 e. The lowest BCUT2D eigenvalue weighted by molar-refractivity contribution is -0.384. The molecule has 1 unspecified atom stereocenters. The number of amides is 1. The van der Waals surface area contributed by atoms with Gasteiger partial charge in [-0.25, -0.2) is 4.39 Å². The lowest BCUT2D eigenvalue weighted by Crippen LogP contribution is -2.48. The van der Waals surface area contributed by atoms with E-state index in [2.05, 4.69) is 31.3 Å². The molecule has 1 atom stereocenters. The topological polar surface area (TPSA) is 78.7 Å². The van der Waals surface area contributed by atoms with Gasteiger partial charge in [0, 0.05) is 43.5 Å². The van der Waals surface area contributed by atoms with Gasteiger partial charge in [-0.2, -0.15) is 0 Å². The summed E-state index contributed by atoms with van der Waals surface area (Å²) in [6.07, 6.45) is 0.752. The molecular weight excluding hydrogens is 447 g/mol. The van der Waals surface area contributed by atoms with Crippen LogP contribution in [0.2, 0.25) is 0 Å². The number of hydrogen-bond acceptors (Lipinski definition) is 5. The summed E-state index contributed by atoms with van der Waals surface area (Å²) in [5, 5.41) is 14.9. The first-order valence-corrected chi connectivity index (χ1v) is 11.7. The largest absolute Gasteiger partial charge is 0.375 e. The van der Waals surface area contributed by atoms with Gasteiger partial charge in [-0.15, -0.1) is 0 Å². The third-order valence-corrected chi connectivity index (χ3v) is 6.49. The van der Waals surface area contributed by atoms with E-state index in [1.54, 1.807) is 35.2 Å². The van der Waals surface area contributed by atoms with Gasteiger partial charge in [0.1, 0.15) is 11.5 Å². The highest BCUT2D eigenvalue weighted by Gasteiger charge is 2.30. The number of carbonyl (C=O) groups is 1. The zero-order chi connectivity index (χ0) is 24.9. The highest BCUT2D eigenvalue weighted by Crippen LogP contribution is 2.34. The number of anilines is 2. The molecule has 0 bridgehead atoms. The Bertz CT molecular complexity index is 1200. The summed E-state index contributed by atoms with van der Waals surface area (Å²) in [5.41, 5.74) is 3.90. The van der Waals surface area contributed by atoms with Gasteiger partial charge in [0.15, 0.2) is 0 Å². The normalized spacial score (nSPS) is 15.8. The number of piperazine rings is 1. The molecule has 182 valence electrons. The van der Waals surface area contributed by atoms with Crippen LogP contribution in [-0.2, 0) is 11.3 Å². The molecule has 8 heteroatoms. The van der Waals surface area contributed by atoms with Gasteiger partial charge in [0.2, 0.25) is 6.41 Å². The molecule has 1 heterocycles. The second-order valence-electron chi connectivity index (χ2n) is 9.03. The fourth-order valence-electron chi connectivity index (χ4n) is 4.42. The van der Waals surface area contributed by atoms with E-state index < -0.39 is 11.0 Å². The number of halogens is 1. The van der Waals surface area contributed by atoms with Crippen LogP contribution in [0, 0.1) is 15.9 Å². The third kappa shape index (κ3) is 5.42. The van der Waals surface area contributed by atoms with E-state index in [0.717, 1.165) is 17.7 Å². The van der Waals surface area contributed by atoms with Crippen LogP contribution in [0.3, 0.4) is 0 Å². The summed E-state index contributed by atoms with van der Waals surface area (Å²) in [5.74, 6) is 0.0726. The number of rotatable bonds is 8. The molecule has 1 amide bonds. The predicted molar refractivity (Wildman–Crippen MR) is 135 cm³/mol. The number of nitro benzene ring substituents is 1. The van der Waals surface area contributed by atoms with Gasteiger partial charge in [-0.05, 0) is 35.2 Å². The zero-order valence-corrected chi connectivity index (χ0v) is 19.9. The molecule has 0 saturated carbocycles. The summed E-state index contributed by atoms with van der Waals surface area (Å²) < 4.78 is 14.5. The number of nitrogens with zero attached hydrogens (tertiary/aromatic N) is 3. The lowest BCUT2D eigenvalue weighted by Gasteiger charge is -2.41. The molecule has 3 aromatic rings. The first-order chi connectivity index (χ1) is 16.9. The van der Waals surface area contributed by atoms with E-state index in [4.69, 9.17) is 0 Å². The van der Waals surface area contributed by atoms with E-state index in [-0.39, 0.29) is 11.5 Å². The number of carbonyl (C=O) groups excluding carboxylic acids is 1. The Kier molecular flexibility index (Phi) is 7.29. The summed E-state index contributed by atoms with van der Waals surface area (Å²) in [4.78, 5) is 26.5. The van der Waals surface area contributed by atoms with E-state index in [9.17, 15) is 19.3 Å². The maximum absolute atomic E-state index is 14.5. The Morgan fingerprint density at radius 1 is 1.11 bits per heavy atom. The van der Waals surface area contributed by atoms with E-state index in [0.29, 0.717) is 43.3 Å². The number of nitro groups is 1. The summed E-state index contributed by atoms with van der Waals surface area (Å²) in [6, 6.07) is 19.1. The zero-order valence-electron chi connectivity index (χ0n) is 19.9. The molecule has 1 N–H and O–H groups in total. The molecule has 3 aromatic carbocycles. The maximum atomic E-state index is 14.5. The molecule has 35 heavy (non-hydrogen) atoms. The van der Waals surface area contributed by atoms with Crippen LogP contribution in [0.4, 0.5) is 21.5 Å². The molecule has 1 fully saturated rings. The van der Waals surface area contributed by atoms with Gasteiger partial charge < -0.3 is 15.1 Å². The first-order valence-electron chi connectivity index (χ1n) is 11.7. The number of benzene rings is 3. The van der Waals surface area contributed by atoms with Gasteiger partial charge >= 0.3 is 0 Å². The predicted octanol–water partition coefficient (Wildman–Crippen LogP) is 5.49. The Labute approximate surface area is 204 Å². The highest BCUT2D eigenvalue weighted by atomic mass is 19.1. The van der Waals surface area contributed by atoms with Crippen LogP contribution in [-0.4, -0.2) is 35.9 Å². The summed E-state index contributed by atoms with van der Waals surface area (Å²) in [7, 11) is 0. The van der Waals surface area contributed by atoms with Crippen molar-refractivity contribution in [1.82, 2.24) is 4.90 Å². The molecule has 0 radical (unpaired) electrons. The summed E-state index contributed by atoms with van der Waals surface area (Å²) in [6.45, 7) is 6.05. The van der Waals surface area contributed by atoms with E-state index in [1.165, 1.54) is 17.7 Å². The maximum Gasteiger partial charge on any atom is 0.292 e. The molecule has 1 saturated heterocycles. The molecule has 0 aliphatic carbocycles. The highest BCUT2D eigenvalue weighted by molar-refractivity contribution is 5.69. The van der Waals surface area contributed by atoms with Crippen molar-refractivity contribution in [2.75, 3.05) is 29.9 Å². The molecular formula is C27H29FN4O3. The number of nitrogens with one attached hydrogen (secondary N) is 1. The van der Waals surface area contributed by atoms with Crippen molar-refractivity contribution in [3.8, 4) is 0 Å².